The lowest BCUT2D eigenvalue weighted by Crippen LogP contribution is -1.99. The molecule has 0 aliphatic heterocycles. The maximum Gasteiger partial charge on any atom is 0.155 e. The van der Waals surface area contributed by atoms with E-state index in [4.69, 9.17) is 0 Å². The minimum atomic E-state index is -0.212. The Balaban J connectivity index is 3.93. The molecule has 0 bridgehead atoms. The fourth-order valence-electron chi connectivity index (χ4n) is 2.13. The van der Waals surface area contributed by atoms with Gasteiger partial charge in [0.2, 0.25) is 0 Å². The number of carbonyl (C=O) groups excluding carboxylic acids is 1. The molecule has 1 N–H and O–H groups in total. The Hall–Kier alpha value is -0.890. The Bertz CT molecular complexity index is 335. The van der Waals surface area contributed by atoms with E-state index in [1.165, 1.54) is 11.1 Å². The lowest BCUT2D eigenvalue weighted by atomic mass is 10.0. The molecular formula is C18H32O2. The summed E-state index contributed by atoms with van der Waals surface area (Å²) in [5.74, 6) is 0.687. The van der Waals surface area contributed by atoms with Crippen molar-refractivity contribution in [2.24, 2.45) is 5.92 Å². The van der Waals surface area contributed by atoms with Gasteiger partial charge in [-0.15, -0.1) is 0 Å². The van der Waals surface area contributed by atoms with Gasteiger partial charge in [0.15, 0.2) is 5.78 Å². The summed E-state index contributed by atoms with van der Waals surface area (Å²) in [6, 6.07) is 0. The fourth-order valence-corrected chi connectivity index (χ4v) is 2.13. The van der Waals surface area contributed by atoms with Crippen molar-refractivity contribution >= 4 is 5.78 Å². The second kappa shape index (κ2) is 10.8. The Morgan fingerprint density at radius 3 is 2.25 bits per heavy atom. The third kappa shape index (κ3) is 12.2. The lowest BCUT2D eigenvalue weighted by Gasteiger charge is -2.05. The third-order valence-corrected chi connectivity index (χ3v) is 3.24. The zero-order valence-electron chi connectivity index (χ0n) is 13.9. The molecular weight excluding hydrogens is 248 g/mol. The van der Waals surface area contributed by atoms with Crippen molar-refractivity contribution < 1.29 is 9.90 Å². The van der Waals surface area contributed by atoms with Crippen LogP contribution < -0.4 is 0 Å². The Morgan fingerprint density at radius 2 is 1.70 bits per heavy atom. The van der Waals surface area contributed by atoms with Crippen LogP contribution in [0.3, 0.4) is 0 Å². The Kier molecular flexibility index (Phi) is 10.4. The number of ketones is 1. The van der Waals surface area contributed by atoms with Crippen molar-refractivity contribution in [3.05, 3.63) is 23.3 Å². The topological polar surface area (TPSA) is 37.3 Å². The highest BCUT2D eigenvalue weighted by atomic mass is 16.3. The summed E-state index contributed by atoms with van der Waals surface area (Å²) >= 11 is 0. The van der Waals surface area contributed by atoms with Crippen LogP contribution in [0.5, 0.6) is 0 Å². The molecule has 2 heteroatoms. The summed E-state index contributed by atoms with van der Waals surface area (Å²) in [5.41, 5.74) is 2.57. The van der Waals surface area contributed by atoms with Crippen LogP contribution in [0.2, 0.25) is 0 Å². The molecule has 0 spiro atoms. The molecule has 0 aliphatic carbocycles. The summed E-state index contributed by atoms with van der Waals surface area (Å²) in [6.07, 6.45) is 9.41. The van der Waals surface area contributed by atoms with E-state index < -0.39 is 0 Å². The predicted octanol–water partition coefficient (Wildman–Crippen LogP) is 4.83. The van der Waals surface area contributed by atoms with Gasteiger partial charge in [0.25, 0.3) is 0 Å². The maximum atomic E-state index is 11.7. The SMILES string of the molecule is C/C(=C/C(=O)CC(C)C)CCC/C(C)=C/CC[C@H](C)O. The summed E-state index contributed by atoms with van der Waals surface area (Å²) in [5, 5.41) is 9.19. The van der Waals surface area contributed by atoms with Crippen LogP contribution in [0.4, 0.5) is 0 Å². The molecule has 0 aromatic heterocycles. The smallest absolute Gasteiger partial charge is 0.155 e. The average molecular weight is 280 g/mol. The van der Waals surface area contributed by atoms with Gasteiger partial charge in [-0.05, 0) is 64.9 Å². The van der Waals surface area contributed by atoms with Gasteiger partial charge in [-0.1, -0.05) is 31.1 Å². The van der Waals surface area contributed by atoms with Gasteiger partial charge in [-0.2, -0.15) is 0 Å². The van der Waals surface area contributed by atoms with Crippen LogP contribution in [0, 0.1) is 5.92 Å². The van der Waals surface area contributed by atoms with Crippen molar-refractivity contribution in [2.45, 2.75) is 79.2 Å². The van der Waals surface area contributed by atoms with E-state index >= 15 is 0 Å². The van der Waals surface area contributed by atoms with Crippen molar-refractivity contribution in [3.63, 3.8) is 0 Å². The molecule has 116 valence electrons. The summed E-state index contributed by atoms with van der Waals surface area (Å²) < 4.78 is 0. The number of rotatable bonds is 10. The van der Waals surface area contributed by atoms with E-state index in [2.05, 4.69) is 26.8 Å². The first-order chi connectivity index (χ1) is 9.31. The molecule has 0 rings (SSSR count). The standard InChI is InChI=1S/C18H32O2/c1-14(2)12-18(20)13-16(4)10-6-8-15(3)9-7-11-17(5)19/h9,13-14,17,19H,6-8,10-12H2,1-5H3/b15-9+,16-13-/t17-/m0/s1. The second-order valence-electron chi connectivity index (χ2n) is 6.39. The van der Waals surface area contributed by atoms with Crippen molar-refractivity contribution in [3.8, 4) is 0 Å². The van der Waals surface area contributed by atoms with Crippen LogP contribution in [-0.4, -0.2) is 17.0 Å². The molecule has 0 amide bonds. The number of aliphatic hydroxyl groups is 1. The van der Waals surface area contributed by atoms with Gasteiger partial charge in [-0.3, -0.25) is 4.79 Å². The highest BCUT2D eigenvalue weighted by Gasteiger charge is 2.02. The van der Waals surface area contributed by atoms with Crippen molar-refractivity contribution in [2.75, 3.05) is 0 Å². The second-order valence-corrected chi connectivity index (χ2v) is 6.39. The van der Waals surface area contributed by atoms with Crippen molar-refractivity contribution in [1.29, 1.82) is 0 Å². The molecule has 20 heavy (non-hydrogen) atoms. The van der Waals surface area contributed by atoms with Gasteiger partial charge >= 0.3 is 0 Å². The molecule has 0 unspecified atom stereocenters. The molecule has 0 saturated heterocycles. The summed E-state index contributed by atoms with van der Waals surface area (Å²) in [4.78, 5) is 11.7. The van der Waals surface area contributed by atoms with Crippen molar-refractivity contribution in [1.82, 2.24) is 0 Å². The van der Waals surface area contributed by atoms with Gasteiger partial charge in [0.05, 0.1) is 6.10 Å². The highest BCUT2D eigenvalue weighted by Crippen LogP contribution is 2.14. The number of aliphatic hydroxyl groups excluding tert-OH is 1. The van der Waals surface area contributed by atoms with E-state index in [9.17, 15) is 9.90 Å². The first kappa shape index (κ1) is 19.1. The number of hydrogen-bond acceptors (Lipinski definition) is 2. The Morgan fingerprint density at radius 1 is 1.10 bits per heavy atom. The molecule has 0 heterocycles. The van der Waals surface area contributed by atoms with Gasteiger partial charge in [-0.25, -0.2) is 0 Å². The van der Waals surface area contributed by atoms with E-state index in [1.807, 2.05) is 19.9 Å². The monoisotopic (exact) mass is 280 g/mol. The van der Waals surface area contributed by atoms with Crippen LogP contribution in [0.25, 0.3) is 0 Å². The minimum Gasteiger partial charge on any atom is -0.393 e. The van der Waals surface area contributed by atoms with Crippen LogP contribution in [0.15, 0.2) is 23.3 Å². The van der Waals surface area contributed by atoms with Gasteiger partial charge in [0, 0.05) is 6.42 Å². The molecule has 0 aromatic carbocycles. The predicted molar refractivity (Wildman–Crippen MR) is 86.7 cm³/mol. The summed E-state index contributed by atoms with van der Waals surface area (Å²) in [7, 11) is 0. The number of allylic oxidation sites excluding steroid dienone is 4. The van der Waals surface area contributed by atoms with E-state index in [0.717, 1.165) is 32.1 Å². The minimum absolute atomic E-state index is 0.212. The average Bonchev–Trinajstić information content (AvgIpc) is 2.26. The normalized spacial score (nSPS) is 14.8. The number of hydrogen-bond donors (Lipinski definition) is 1. The molecule has 0 radical (unpaired) electrons. The molecule has 0 fully saturated rings. The lowest BCUT2D eigenvalue weighted by molar-refractivity contribution is -0.115. The third-order valence-electron chi connectivity index (χ3n) is 3.24. The van der Waals surface area contributed by atoms with Crippen LogP contribution >= 0.6 is 0 Å². The summed E-state index contributed by atoms with van der Waals surface area (Å²) in [6.45, 7) is 10.2. The Labute approximate surface area is 125 Å². The molecule has 0 aromatic rings. The van der Waals surface area contributed by atoms with Gasteiger partial charge in [0.1, 0.15) is 0 Å². The van der Waals surface area contributed by atoms with Crippen LogP contribution in [-0.2, 0) is 4.79 Å². The van der Waals surface area contributed by atoms with E-state index in [-0.39, 0.29) is 11.9 Å². The zero-order valence-corrected chi connectivity index (χ0v) is 13.9. The van der Waals surface area contributed by atoms with Gasteiger partial charge < -0.3 is 5.11 Å². The van der Waals surface area contributed by atoms with Crippen LogP contribution in [0.1, 0.15) is 73.1 Å². The molecule has 1 atom stereocenters. The molecule has 2 nitrogen and oxygen atoms in total. The molecule has 0 saturated carbocycles. The first-order valence-electron chi connectivity index (χ1n) is 7.85. The fraction of sp³-hybridized carbons (Fsp3) is 0.722. The highest BCUT2D eigenvalue weighted by molar-refractivity contribution is 5.90. The molecule has 0 aliphatic rings. The number of carbonyl (C=O) groups is 1. The van der Waals surface area contributed by atoms with E-state index in [0.29, 0.717) is 12.3 Å². The first-order valence-corrected chi connectivity index (χ1v) is 7.85. The maximum absolute atomic E-state index is 11.7. The van der Waals surface area contributed by atoms with E-state index in [1.54, 1.807) is 0 Å². The quantitative estimate of drug-likeness (QED) is 0.460. The largest absolute Gasteiger partial charge is 0.393 e. The zero-order chi connectivity index (χ0) is 15.5.